The predicted octanol–water partition coefficient (Wildman–Crippen LogP) is 3.73. The maximum Gasteiger partial charge on any atom is 0.0799 e. The monoisotopic (exact) mass is 208 g/mol. The highest BCUT2D eigenvalue weighted by atomic mass is 31.1. The molecule has 14 heavy (non-hydrogen) atoms. The summed E-state index contributed by atoms with van der Waals surface area (Å²) in [5.41, 5.74) is 1.20. The van der Waals surface area contributed by atoms with E-state index in [2.05, 4.69) is 0 Å². The van der Waals surface area contributed by atoms with Crippen molar-refractivity contribution in [3.8, 4) is 0 Å². The maximum atomic E-state index is 8.66. The average molecular weight is 208 g/mol. The summed E-state index contributed by atoms with van der Waals surface area (Å²) in [5.74, 6) is 3.41. The topological polar surface area (TPSA) is 40.5 Å². The maximum absolute atomic E-state index is 8.66. The van der Waals surface area contributed by atoms with Crippen molar-refractivity contribution in [3.63, 3.8) is 0 Å². The first-order valence-electron chi connectivity index (χ1n) is 4.28. The van der Waals surface area contributed by atoms with Gasteiger partial charge in [0.15, 0.2) is 0 Å². The van der Waals surface area contributed by atoms with Crippen LogP contribution < -0.4 is 0 Å². The molecule has 0 aliphatic heterocycles. The first-order valence-corrected chi connectivity index (χ1v) is 5.95. The van der Waals surface area contributed by atoms with E-state index in [0.717, 1.165) is 18.7 Å². The second-order valence-electron chi connectivity index (χ2n) is 2.75. The van der Waals surface area contributed by atoms with E-state index in [1.807, 2.05) is 30.3 Å². The van der Waals surface area contributed by atoms with Gasteiger partial charge in [0.25, 0.3) is 0 Å². The molecule has 0 saturated carbocycles. The Balaban J connectivity index is 2.64. The zero-order chi connectivity index (χ0) is 10.2. The van der Waals surface area contributed by atoms with Crippen LogP contribution in [0.2, 0.25) is 0 Å². The normalized spacial score (nSPS) is 11.8. The van der Waals surface area contributed by atoms with Gasteiger partial charge in [-0.3, -0.25) is 0 Å². The van der Waals surface area contributed by atoms with Gasteiger partial charge in [-0.2, -0.15) is 0 Å². The van der Waals surface area contributed by atoms with Gasteiger partial charge in [-0.25, -0.2) is 0 Å². The Hall–Kier alpha value is -1.27. The Morgan fingerprint density at radius 3 is 2.07 bits per heavy atom. The molecular formula is C11H13O2P. The molecule has 1 aromatic rings. The minimum absolute atomic E-state index is 0.598. The summed E-state index contributed by atoms with van der Waals surface area (Å²) in [6, 6.07) is 10.00. The van der Waals surface area contributed by atoms with E-state index in [9.17, 15) is 0 Å². The van der Waals surface area contributed by atoms with E-state index in [1.54, 1.807) is 11.6 Å². The fourth-order valence-electron chi connectivity index (χ4n) is 1.12. The Morgan fingerprint density at radius 1 is 1.00 bits per heavy atom. The van der Waals surface area contributed by atoms with Gasteiger partial charge in [-0.05, 0) is 31.3 Å². The van der Waals surface area contributed by atoms with Crippen LogP contribution in [0.25, 0.3) is 0 Å². The number of aliphatic hydroxyl groups excluding tert-OH is 2. The van der Waals surface area contributed by atoms with E-state index < -0.39 is 7.92 Å². The minimum atomic E-state index is -0.598. The van der Waals surface area contributed by atoms with Gasteiger partial charge in [-0.15, -0.1) is 0 Å². The fraction of sp³-hybridized carbons (Fsp3) is 0.0909. The number of hydrogen-bond donors (Lipinski definition) is 2. The van der Waals surface area contributed by atoms with E-state index in [1.165, 1.54) is 5.56 Å². The molecule has 0 aliphatic rings. The molecule has 0 bridgehead atoms. The summed E-state index contributed by atoms with van der Waals surface area (Å²) in [6.45, 7) is 0. The Morgan fingerprint density at radius 2 is 1.57 bits per heavy atom. The molecule has 0 saturated heterocycles. The molecule has 0 amide bonds. The molecule has 2 N–H and O–H groups in total. The fourth-order valence-corrected chi connectivity index (χ4v) is 2.41. The first-order chi connectivity index (χ1) is 6.86. The van der Waals surface area contributed by atoms with Crippen molar-refractivity contribution in [1.29, 1.82) is 0 Å². The summed E-state index contributed by atoms with van der Waals surface area (Å²) < 4.78 is 0. The zero-order valence-electron chi connectivity index (χ0n) is 7.74. The summed E-state index contributed by atoms with van der Waals surface area (Å²) in [7, 11) is -0.598. The molecule has 1 rings (SSSR count). The Bertz CT molecular complexity index is 294. The molecule has 0 aromatic heterocycles. The summed E-state index contributed by atoms with van der Waals surface area (Å²) in [5, 5.41) is 17.3. The zero-order valence-corrected chi connectivity index (χ0v) is 8.64. The van der Waals surface area contributed by atoms with Gasteiger partial charge in [-0.1, -0.05) is 30.3 Å². The number of benzene rings is 1. The third-order valence-electron chi connectivity index (χ3n) is 1.72. The number of rotatable bonds is 4. The molecule has 0 radical (unpaired) electrons. The Kier molecular flexibility index (Phi) is 4.81. The molecule has 1 aromatic carbocycles. The highest BCUT2D eigenvalue weighted by Gasteiger charge is 2.00. The molecular weight excluding hydrogens is 195 g/mol. The third-order valence-corrected chi connectivity index (χ3v) is 3.49. The van der Waals surface area contributed by atoms with Gasteiger partial charge in [0.2, 0.25) is 0 Å². The van der Waals surface area contributed by atoms with Gasteiger partial charge < -0.3 is 10.2 Å². The predicted molar refractivity (Wildman–Crippen MR) is 60.6 cm³/mol. The quantitative estimate of drug-likeness (QED) is 0.584. The first kappa shape index (κ1) is 10.8. The molecule has 74 valence electrons. The van der Waals surface area contributed by atoms with Crippen LogP contribution in [0.15, 0.2) is 54.5 Å². The van der Waals surface area contributed by atoms with Gasteiger partial charge >= 0.3 is 0 Å². The molecule has 0 fully saturated rings. The summed E-state index contributed by atoms with van der Waals surface area (Å²) in [4.78, 5) is 0. The summed E-state index contributed by atoms with van der Waals surface area (Å²) in [6.07, 6.45) is 2.91. The van der Waals surface area contributed by atoms with Crippen LogP contribution in [0.3, 0.4) is 0 Å². The molecule has 0 heterocycles. The minimum Gasteiger partial charge on any atom is -0.516 e. The molecule has 0 aliphatic carbocycles. The van der Waals surface area contributed by atoms with Crippen molar-refractivity contribution in [1.82, 2.24) is 0 Å². The van der Waals surface area contributed by atoms with Gasteiger partial charge in [0, 0.05) is 0 Å². The van der Waals surface area contributed by atoms with Crippen LogP contribution in [-0.2, 0) is 6.16 Å². The standard InChI is InChI=1S/C11H13O2P/c12-6-8-14(9-7-13)10-11-4-2-1-3-5-11/h1-9,12-13H,10H2/b8-6+,9-7+. The van der Waals surface area contributed by atoms with E-state index in [0.29, 0.717) is 0 Å². The largest absolute Gasteiger partial charge is 0.516 e. The van der Waals surface area contributed by atoms with Crippen molar-refractivity contribution in [3.05, 3.63) is 60.1 Å². The van der Waals surface area contributed by atoms with Crippen molar-refractivity contribution >= 4 is 7.92 Å². The lowest BCUT2D eigenvalue weighted by Gasteiger charge is -2.06. The van der Waals surface area contributed by atoms with Crippen LogP contribution in [0, 0.1) is 0 Å². The smallest absolute Gasteiger partial charge is 0.0799 e. The SMILES string of the molecule is O/C=C/P(/C=C/O)Cc1ccccc1. The van der Waals surface area contributed by atoms with E-state index >= 15 is 0 Å². The highest BCUT2D eigenvalue weighted by molar-refractivity contribution is 7.63. The van der Waals surface area contributed by atoms with Crippen molar-refractivity contribution in [2.45, 2.75) is 6.16 Å². The van der Waals surface area contributed by atoms with E-state index in [-0.39, 0.29) is 0 Å². The number of hydrogen-bond acceptors (Lipinski definition) is 2. The molecule has 2 nitrogen and oxygen atoms in total. The lowest BCUT2D eigenvalue weighted by molar-refractivity contribution is 0.474. The van der Waals surface area contributed by atoms with Crippen molar-refractivity contribution in [2.24, 2.45) is 0 Å². The average Bonchev–Trinajstić information content (AvgIpc) is 2.20. The summed E-state index contributed by atoms with van der Waals surface area (Å²) >= 11 is 0. The molecule has 3 heteroatoms. The Labute approximate surface area is 85.0 Å². The molecule has 0 atom stereocenters. The second-order valence-corrected chi connectivity index (χ2v) is 4.70. The van der Waals surface area contributed by atoms with E-state index in [4.69, 9.17) is 10.2 Å². The van der Waals surface area contributed by atoms with Crippen LogP contribution in [0.1, 0.15) is 5.56 Å². The van der Waals surface area contributed by atoms with Gasteiger partial charge in [0.05, 0.1) is 12.5 Å². The van der Waals surface area contributed by atoms with Gasteiger partial charge in [0.1, 0.15) is 0 Å². The number of aliphatic hydroxyl groups is 2. The second kappa shape index (κ2) is 6.22. The van der Waals surface area contributed by atoms with Crippen LogP contribution >= 0.6 is 7.92 Å². The van der Waals surface area contributed by atoms with Crippen molar-refractivity contribution < 1.29 is 10.2 Å². The molecule has 0 unspecified atom stereocenters. The lowest BCUT2D eigenvalue weighted by Crippen LogP contribution is -1.79. The van der Waals surface area contributed by atoms with Crippen LogP contribution in [0.5, 0.6) is 0 Å². The van der Waals surface area contributed by atoms with Crippen LogP contribution in [0.4, 0.5) is 0 Å². The highest BCUT2D eigenvalue weighted by Crippen LogP contribution is 2.42. The molecule has 0 spiro atoms. The lowest BCUT2D eigenvalue weighted by atomic mass is 10.2. The third kappa shape index (κ3) is 3.63. The van der Waals surface area contributed by atoms with Crippen LogP contribution in [-0.4, -0.2) is 10.2 Å². The van der Waals surface area contributed by atoms with Crippen molar-refractivity contribution in [2.75, 3.05) is 0 Å².